The molecular formula is C9H8ClN5. The second kappa shape index (κ2) is 4.50. The van der Waals surface area contributed by atoms with Gasteiger partial charge in [-0.1, -0.05) is 17.7 Å². The molecule has 0 aromatic heterocycles. The highest BCUT2D eigenvalue weighted by Gasteiger charge is 2.29. The van der Waals surface area contributed by atoms with E-state index < -0.39 is 6.04 Å². The summed E-state index contributed by atoms with van der Waals surface area (Å²) in [6.45, 7) is 3.55. The highest BCUT2D eigenvalue weighted by molar-refractivity contribution is 6.31. The molecule has 0 saturated heterocycles. The molecule has 1 unspecified atom stereocenters. The van der Waals surface area contributed by atoms with Crippen molar-refractivity contribution < 1.29 is 0 Å². The normalized spacial score (nSPS) is 20.3. The van der Waals surface area contributed by atoms with E-state index in [2.05, 4.69) is 11.6 Å². The van der Waals surface area contributed by atoms with Gasteiger partial charge >= 0.3 is 0 Å². The number of nitrogens with zero attached hydrogens (tertiary/aromatic N) is 4. The molecule has 0 amide bonds. The Hall–Kier alpha value is -1.98. The van der Waals surface area contributed by atoms with Crippen molar-refractivity contribution in [1.82, 2.24) is 4.90 Å². The van der Waals surface area contributed by atoms with Crippen LogP contribution in [0.1, 0.15) is 6.42 Å². The molecule has 15 heavy (non-hydrogen) atoms. The first-order chi connectivity index (χ1) is 7.15. The largest absolute Gasteiger partial charge is 0.369 e. The lowest BCUT2D eigenvalue weighted by molar-refractivity contribution is 0.459. The topological polar surface area (TPSA) is 89.2 Å². The highest BCUT2D eigenvalue weighted by Crippen LogP contribution is 2.25. The molecule has 6 heteroatoms. The van der Waals surface area contributed by atoms with Gasteiger partial charge in [0, 0.05) is 0 Å². The first-order valence-electron chi connectivity index (χ1n) is 4.09. The van der Waals surface area contributed by atoms with Gasteiger partial charge in [-0.05, 0) is 6.42 Å². The van der Waals surface area contributed by atoms with Crippen molar-refractivity contribution in [2.45, 2.75) is 12.5 Å². The third kappa shape index (κ3) is 1.93. The van der Waals surface area contributed by atoms with Gasteiger partial charge < -0.3 is 5.73 Å². The third-order valence-electron chi connectivity index (χ3n) is 1.94. The van der Waals surface area contributed by atoms with E-state index in [-0.39, 0.29) is 16.7 Å². The maximum absolute atomic E-state index is 8.89. The van der Waals surface area contributed by atoms with Gasteiger partial charge in [-0.15, -0.1) is 6.58 Å². The van der Waals surface area contributed by atoms with Gasteiger partial charge in [0.2, 0.25) is 5.96 Å². The van der Waals surface area contributed by atoms with Gasteiger partial charge in [-0.3, -0.25) is 0 Å². The van der Waals surface area contributed by atoms with E-state index in [1.54, 1.807) is 6.08 Å². The summed E-state index contributed by atoms with van der Waals surface area (Å²) in [7, 11) is 0. The fraction of sp³-hybridized carbons (Fsp3) is 0.222. The molecule has 0 radical (unpaired) electrons. The molecule has 0 saturated carbocycles. The van der Waals surface area contributed by atoms with Crippen LogP contribution in [0.4, 0.5) is 0 Å². The summed E-state index contributed by atoms with van der Waals surface area (Å²) >= 11 is 5.75. The van der Waals surface area contributed by atoms with Gasteiger partial charge in [0.1, 0.15) is 11.2 Å². The predicted octanol–water partition coefficient (Wildman–Crippen LogP) is 1.02. The van der Waals surface area contributed by atoms with Crippen molar-refractivity contribution in [2.75, 3.05) is 0 Å². The number of nitrogens with two attached hydrogens (primary N) is 1. The fourth-order valence-corrected chi connectivity index (χ4v) is 1.52. The molecule has 1 atom stereocenters. The number of nitriles is 2. The monoisotopic (exact) mass is 221 g/mol. The summed E-state index contributed by atoms with van der Waals surface area (Å²) in [5, 5.41) is 17.8. The number of aliphatic imine (C=N–C) groups is 1. The zero-order valence-corrected chi connectivity index (χ0v) is 8.57. The molecule has 0 fully saturated rings. The molecule has 0 aromatic carbocycles. The number of hydrogen-bond donors (Lipinski definition) is 1. The molecule has 1 rings (SSSR count). The fourth-order valence-electron chi connectivity index (χ4n) is 1.26. The summed E-state index contributed by atoms with van der Waals surface area (Å²) < 4.78 is 0. The summed E-state index contributed by atoms with van der Waals surface area (Å²) in [6.07, 6.45) is 3.86. The Morgan fingerprint density at radius 1 is 1.67 bits per heavy atom. The van der Waals surface area contributed by atoms with Crippen LogP contribution in [0, 0.1) is 22.8 Å². The zero-order valence-electron chi connectivity index (χ0n) is 7.81. The van der Waals surface area contributed by atoms with Crippen molar-refractivity contribution in [3.63, 3.8) is 0 Å². The third-order valence-corrected chi connectivity index (χ3v) is 2.23. The van der Waals surface area contributed by atoms with Crippen molar-refractivity contribution in [3.05, 3.63) is 23.4 Å². The van der Waals surface area contributed by atoms with Crippen LogP contribution in [-0.2, 0) is 0 Å². The highest BCUT2D eigenvalue weighted by atomic mass is 35.5. The van der Waals surface area contributed by atoms with E-state index in [0.29, 0.717) is 6.42 Å². The Morgan fingerprint density at radius 3 is 2.80 bits per heavy atom. The van der Waals surface area contributed by atoms with Crippen molar-refractivity contribution in [3.8, 4) is 12.3 Å². The van der Waals surface area contributed by atoms with E-state index in [0.717, 1.165) is 4.90 Å². The van der Waals surface area contributed by atoms with Crippen LogP contribution in [0.3, 0.4) is 0 Å². The number of hydrogen-bond acceptors (Lipinski definition) is 5. The summed E-state index contributed by atoms with van der Waals surface area (Å²) in [5.74, 6) is -0.00616. The van der Waals surface area contributed by atoms with Crippen LogP contribution in [0.2, 0.25) is 0 Å². The van der Waals surface area contributed by atoms with Gasteiger partial charge in [0.05, 0.1) is 11.6 Å². The Kier molecular flexibility index (Phi) is 3.33. The zero-order chi connectivity index (χ0) is 11.4. The van der Waals surface area contributed by atoms with Gasteiger partial charge in [-0.2, -0.15) is 10.5 Å². The summed E-state index contributed by atoms with van der Waals surface area (Å²) in [5.41, 5.74) is 5.74. The van der Waals surface area contributed by atoms with Crippen LogP contribution < -0.4 is 5.73 Å². The Morgan fingerprint density at radius 2 is 2.33 bits per heavy atom. The van der Waals surface area contributed by atoms with Crippen LogP contribution in [0.5, 0.6) is 0 Å². The number of halogens is 1. The number of rotatable bonds is 2. The van der Waals surface area contributed by atoms with Crippen LogP contribution in [0.15, 0.2) is 28.4 Å². The van der Waals surface area contributed by atoms with E-state index in [1.165, 1.54) is 0 Å². The van der Waals surface area contributed by atoms with Crippen molar-refractivity contribution >= 4 is 17.6 Å². The smallest absolute Gasteiger partial charge is 0.211 e. The lowest BCUT2D eigenvalue weighted by Gasteiger charge is -2.27. The molecule has 2 N–H and O–H groups in total. The van der Waals surface area contributed by atoms with Crippen LogP contribution in [0.25, 0.3) is 0 Å². The van der Waals surface area contributed by atoms with Gasteiger partial charge in [0.25, 0.3) is 0 Å². The van der Waals surface area contributed by atoms with E-state index in [9.17, 15) is 0 Å². The Bertz CT molecular complexity index is 423. The lowest BCUT2D eigenvalue weighted by atomic mass is 10.0. The molecule has 1 aliphatic rings. The standard InChI is InChI=1S/C9H8ClN5/c1-2-3-7-6(4-11)8(10)14-9(13)15(7)5-12/h2,7H,1,3H2,(H2,13,14). The Balaban J connectivity index is 3.21. The van der Waals surface area contributed by atoms with E-state index in [4.69, 9.17) is 27.9 Å². The quantitative estimate of drug-likeness (QED) is 0.428. The second-order valence-corrected chi connectivity index (χ2v) is 3.15. The van der Waals surface area contributed by atoms with Gasteiger partial charge in [-0.25, -0.2) is 9.89 Å². The molecule has 0 aromatic rings. The molecule has 0 bridgehead atoms. The molecular weight excluding hydrogens is 214 g/mol. The maximum Gasteiger partial charge on any atom is 0.211 e. The lowest BCUT2D eigenvalue weighted by Crippen LogP contribution is -2.44. The maximum atomic E-state index is 8.89. The van der Waals surface area contributed by atoms with E-state index in [1.807, 2.05) is 12.3 Å². The molecule has 0 aliphatic carbocycles. The molecule has 5 nitrogen and oxygen atoms in total. The van der Waals surface area contributed by atoms with Gasteiger partial charge in [0.15, 0.2) is 6.19 Å². The summed E-state index contributed by atoms with van der Waals surface area (Å²) in [4.78, 5) is 4.85. The van der Waals surface area contributed by atoms with Crippen LogP contribution >= 0.6 is 11.6 Å². The summed E-state index contributed by atoms with van der Waals surface area (Å²) in [6, 6.07) is 1.42. The van der Waals surface area contributed by atoms with E-state index >= 15 is 0 Å². The first-order valence-corrected chi connectivity index (χ1v) is 4.47. The predicted molar refractivity (Wildman–Crippen MR) is 56.2 cm³/mol. The first kappa shape index (κ1) is 11.1. The van der Waals surface area contributed by atoms with Crippen LogP contribution in [-0.4, -0.2) is 16.9 Å². The molecule has 0 spiro atoms. The van der Waals surface area contributed by atoms with Crippen molar-refractivity contribution in [2.24, 2.45) is 10.7 Å². The minimum Gasteiger partial charge on any atom is -0.369 e. The SMILES string of the molecule is C=CCC1C(C#N)=C(Cl)N=C(N)N1C#N. The second-order valence-electron chi connectivity index (χ2n) is 2.80. The average molecular weight is 222 g/mol. The molecule has 1 heterocycles. The average Bonchev–Trinajstić information content (AvgIpc) is 2.18. The Labute approximate surface area is 92.4 Å². The number of guanidine groups is 1. The molecule has 1 aliphatic heterocycles. The minimum absolute atomic E-state index is 0.00616. The van der Waals surface area contributed by atoms with Crippen molar-refractivity contribution in [1.29, 1.82) is 10.5 Å². The molecule has 76 valence electrons. The minimum atomic E-state index is -0.498.